The fraction of sp³-hybridized carbons (Fsp3) is 0.0476. The smallest absolute Gasteiger partial charge is 0.228 e. The lowest BCUT2D eigenvalue weighted by atomic mass is 10.0. The largest absolute Gasteiger partial charge is 0.444 e. The summed E-state index contributed by atoms with van der Waals surface area (Å²) in [6, 6.07) is 20.6. The molecule has 2 aromatic heterocycles. The summed E-state index contributed by atoms with van der Waals surface area (Å²) in [5.41, 5.74) is 6.27. The normalized spacial score (nSPS) is 10.7. The molecule has 0 aliphatic heterocycles. The molecule has 0 amide bonds. The molecule has 0 spiro atoms. The van der Waals surface area contributed by atoms with Crippen LogP contribution >= 0.6 is 0 Å². The van der Waals surface area contributed by atoms with Crippen LogP contribution < -0.4 is 0 Å². The van der Waals surface area contributed by atoms with Crippen molar-refractivity contribution in [2.24, 2.45) is 0 Å². The van der Waals surface area contributed by atoms with Gasteiger partial charge >= 0.3 is 0 Å². The van der Waals surface area contributed by atoms with Crippen LogP contribution in [0, 0.1) is 6.92 Å². The number of rotatable bonds is 3. The molecule has 0 fully saturated rings. The van der Waals surface area contributed by atoms with Crippen molar-refractivity contribution in [1.29, 1.82) is 0 Å². The minimum absolute atomic E-state index is 0.600. The van der Waals surface area contributed by atoms with E-state index in [9.17, 15) is 0 Å². The molecule has 0 bridgehead atoms. The summed E-state index contributed by atoms with van der Waals surface area (Å²) in [5.74, 6) is 0.600. The van der Waals surface area contributed by atoms with Gasteiger partial charge < -0.3 is 4.42 Å². The molecule has 0 radical (unpaired) electrons. The first-order valence-corrected chi connectivity index (χ1v) is 7.83. The van der Waals surface area contributed by atoms with Crippen LogP contribution in [0.25, 0.3) is 33.8 Å². The molecule has 3 nitrogen and oxygen atoms in total. The number of aryl methyl sites for hydroxylation is 1. The number of nitrogens with zero attached hydrogens (tertiary/aromatic N) is 2. The summed E-state index contributed by atoms with van der Waals surface area (Å²) in [6.45, 7) is 2.02. The highest BCUT2D eigenvalue weighted by Gasteiger charge is 2.10. The Morgan fingerprint density at radius 2 is 1.50 bits per heavy atom. The predicted molar refractivity (Wildman–Crippen MR) is 95.3 cm³/mol. The molecule has 0 N–H and O–H groups in total. The molecule has 0 saturated carbocycles. The van der Waals surface area contributed by atoms with Gasteiger partial charge in [0.1, 0.15) is 12.0 Å². The fourth-order valence-electron chi connectivity index (χ4n) is 2.68. The van der Waals surface area contributed by atoms with E-state index in [-0.39, 0.29) is 0 Å². The van der Waals surface area contributed by atoms with Crippen LogP contribution in [-0.2, 0) is 0 Å². The van der Waals surface area contributed by atoms with Crippen molar-refractivity contribution >= 4 is 0 Å². The van der Waals surface area contributed by atoms with Gasteiger partial charge in [0.2, 0.25) is 5.89 Å². The number of oxazole rings is 1. The standard InChI is InChI=1S/C21H16N2O/c1-15-11-12-22-13-19(15)21-23-20(14-24-21)18-9-7-17(8-10-18)16-5-3-2-4-6-16/h2-14H,1H3. The summed E-state index contributed by atoms with van der Waals surface area (Å²) in [6.07, 6.45) is 5.24. The maximum absolute atomic E-state index is 5.65. The van der Waals surface area contributed by atoms with Gasteiger partial charge in [0.25, 0.3) is 0 Å². The Kier molecular flexibility index (Phi) is 3.67. The molecule has 0 aliphatic rings. The zero-order valence-corrected chi connectivity index (χ0v) is 13.3. The van der Waals surface area contributed by atoms with Crippen molar-refractivity contribution in [2.75, 3.05) is 0 Å². The van der Waals surface area contributed by atoms with Crippen LogP contribution in [-0.4, -0.2) is 9.97 Å². The third-order valence-corrected chi connectivity index (χ3v) is 4.06. The molecule has 24 heavy (non-hydrogen) atoms. The van der Waals surface area contributed by atoms with E-state index in [0.29, 0.717) is 5.89 Å². The fourth-order valence-corrected chi connectivity index (χ4v) is 2.68. The molecule has 4 rings (SSSR count). The minimum atomic E-state index is 0.600. The van der Waals surface area contributed by atoms with Gasteiger partial charge in [0.05, 0.1) is 5.56 Å². The maximum atomic E-state index is 5.65. The van der Waals surface area contributed by atoms with E-state index in [2.05, 4.69) is 46.4 Å². The van der Waals surface area contributed by atoms with Crippen molar-refractivity contribution in [2.45, 2.75) is 6.92 Å². The molecule has 2 aromatic carbocycles. The summed E-state index contributed by atoms with van der Waals surface area (Å²) in [4.78, 5) is 8.76. The second kappa shape index (κ2) is 6.13. The molecular weight excluding hydrogens is 296 g/mol. The lowest BCUT2D eigenvalue weighted by Crippen LogP contribution is -1.85. The Morgan fingerprint density at radius 1 is 0.792 bits per heavy atom. The van der Waals surface area contributed by atoms with Crippen LogP contribution in [0.4, 0.5) is 0 Å². The van der Waals surface area contributed by atoms with Crippen molar-refractivity contribution in [3.8, 4) is 33.8 Å². The predicted octanol–water partition coefficient (Wildman–Crippen LogP) is 5.38. The van der Waals surface area contributed by atoms with E-state index < -0.39 is 0 Å². The first-order chi connectivity index (χ1) is 11.8. The van der Waals surface area contributed by atoms with Crippen molar-refractivity contribution in [3.63, 3.8) is 0 Å². The average molecular weight is 312 g/mol. The summed E-state index contributed by atoms with van der Waals surface area (Å²) in [5, 5.41) is 0. The zero-order chi connectivity index (χ0) is 16.4. The summed E-state index contributed by atoms with van der Waals surface area (Å²) in [7, 11) is 0. The van der Waals surface area contributed by atoms with Gasteiger partial charge in [-0.25, -0.2) is 4.98 Å². The Hall–Kier alpha value is -3.20. The van der Waals surface area contributed by atoms with Crippen molar-refractivity contribution < 1.29 is 4.42 Å². The molecule has 116 valence electrons. The van der Waals surface area contributed by atoms with E-state index in [0.717, 1.165) is 22.4 Å². The van der Waals surface area contributed by atoms with Crippen molar-refractivity contribution in [1.82, 2.24) is 9.97 Å². The number of hydrogen-bond acceptors (Lipinski definition) is 3. The highest BCUT2D eigenvalue weighted by atomic mass is 16.3. The van der Waals surface area contributed by atoms with E-state index in [4.69, 9.17) is 4.42 Å². The van der Waals surface area contributed by atoms with Gasteiger partial charge in [-0.05, 0) is 29.7 Å². The SMILES string of the molecule is Cc1ccncc1-c1nc(-c2ccc(-c3ccccc3)cc2)co1. The second-order valence-electron chi connectivity index (χ2n) is 5.67. The maximum Gasteiger partial charge on any atom is 0.228 e. The van der Waals surface area contributed by atoms with Gasteiger partial charge in [-0.2, -0.15) is 0 Å². The molecule has 4 aromatic rings. The van der Waals surface area contributed by atoms with Gasteiger partial charge in [0, 0.05) is 18.0 Å². The molecule has 3 heteroatoms. The summed E-state index contributed by atoms with van der Waals surface area (Å²) < 4.78 is 5.65. The highest BCUT2D eigenvalue weighted by molar-refractivity contribution is 5.69. The van der Waals surface area contributed by atoms with Crippen LogP contribution in [0.15, 0.2) is 83.7 Å². The Balaban J connectivity index is 1.65. The topological polar surface area (TPSA) is 38.9 Å². The number of hydrogen-bond donors (Lipinski definition) is 0. The minimum Gasteiger partial charge on any atom is -0.444 e. The second-order valence-corrected chi connectivity index (χ2v) is 5.67. The first-order valence-electron chi connectivity index (χ1n) is 7.83. The van der Waals surface area contributed by atoms with E-state index in [1.807, 2.05) is 31.2 Å². The van der Waals surface area contributed by atoms with E-state index in [1.165, 1.54) is 11.1 Å². The zero-order valence-electron chi connectivity index (χ0n) is 13.3. The van der Waals surface area contributed by atoms with Crippen LogP contribution in [0.5, 0.6) is 0 Å². The average Bonchev–Trinajstić information content (AvgIpc) is 3.13. The van der Waals surface area contributed by atoms with Gasteiger partial charge in [0.15, 0.2) is 0 Å². The lowest BCUT2D eigenvalue weighted by molar-refractivity contribution is 0.574. The lowest BCUT2D eigenvalue weighted by Gasteiger charge is -2.02. The van der Waals surface area contributed by atoms with Gasteiger partial charge in [-0.3, -0.25) is 4.98 Å². The third-order valence-electron chi connectivity index (χ3n) is 4.06. The van der Waals surface area contributed by atoms with Crippen LogP contribution in [0.1, 0.15) is 5.56 Å². The summed E-state index contributed by atoms with van der Waals surface area (Å²) >= 11 is 0. The highest BCUT2D eigenvalue weighted by Crippen LogP contribution is 2.28. The van der Waals surface area contributed by atoms with Gasteiger partial charge in [-0.1, -0.05) is 54.6 Å². The monoisotopic (exact) mass is 312 g/mol. The van der Waals surface area contributed by atoms with Crippen LogP contribution in [0.2, 0.25) is 0 Å². The molecule has 0 atom stereocenters. The molecule has 0 unspecified atom stereocenters. The van der Waals surface area contributed by atoms with Gasteiger partial charge in [-0.15, -0.1) is 0 Å². The number of pyridine rings is 1. The van der Waals surface area contributed by atoms with Crippen molar-refractivity contribution in [3.05, 3.63) is 84.9 Å². The number of aromatic nitrogens is 2. The Morgan fingerprint density at radius 3 is 2.25 bits per heavy atom. The van der Waals surface area contributed by atoms with Crippen LogP contribution in [0.3, 0.4) is 0 Å². The quantitative estimate of drug-likeness (QED) is 0.510. The first kappa shape index (κ1) is 14.4. The molecular formula is C21H16N2O. The Labute approximate surface area is 140 Å². The molecule has 2 heterocycles. The third kappa shape index (κ3) is 2.72. The molecule has 0 aliphatic carbocycles. The molecule has 0 saturated heterocycles. The van der Waals surface area contributed by atoms with E-state index in [1.54, 1.807) is 18.7 Å². The Bertz CT molecular complexity index is 957. The number of benzene rings is 2. The van der Waals surface area contributed by atoms with E-state index >= 15 is 0 Å².